The van der Waals surface area contributed by atoms with Gasteiger partial charge < -0.3 is 24.2 Å². The molecule has 0 radical (unpaired) electrons. The lowest BCUT2D eigenvalue weighted by Crippen LogP contribution is -2.39. The topological polar surface area (TPSA) is 88.5 Å². The molecule has 198 valence electrons. The van der Waals surface area contributed by atoms with Crippen molar-refractivity contribution in [3.8, 4) is 11.5 Å². The van der Waals surface area contributed by atoms with Crippen LogP contribution in [0.1, 0.15) is 37.4 Å². The number of carbonyl (C=O) groups is 2. The van der Waals surface area contributed by atoms with Gasteiger partial charge in [-0.2, -0.15) is 0 Å². The van der Waals surface area contributed by atoms with Crippen LogP contribution in [0, 0.1) is 5.82 Å². The highest BCUT2D eigenvalue weighted by atomic mass is 19.1. The summed E-state index contributed by atoms with van der Waals surface area (Å²) in [5, 5.41) is 11.2. The van der Waals surface area contributed by atoms with Crippen molar-refractivity contribution in [2.24, 2.45) is 0 Å². The molecule has 0 saturated carbocycles. The summed E-state index contributed by atoms with van der Waals surface area (Å²) in [6, 6.07) is 9.61. The number of aliphatic hydroxyl groups excluding tert-OH is 1. The Morgan fingerprint density at radius 3 is 2.35 bits per heavy atom. The van der Waals surface area contributed by atoms with Crippen LogP contribution in [0.2, 0.25) is 0 Å². The predicted molar refractivity (Wildman–Crippen MR) is 136 cm³/mol. The van der Waals surface area contributed by atoms with Gasteiger partial charge in [-0.05, 0) is 62.2 Å². The minimum Gasteiger partial charge on any atom is -0.507 e. The first kappa shape index (κ1) is 26.6. The van der Waals surface area contributed by atoms with Crippen LogP contribution in [0.25, 0.3) is 5.76 Å². The van der Waals surface area contributed by atoms with E-state index in [9.17, 15) is 19.1 Å². The highest BCUT2D eigenvalue weighted by molar-refractivity contribution is 6.46. The maximum absolute atomic E-state index is 13.5. The van der Waals surface area contributed by atoms with Gasteiger partial charge in [0.05, 0.1) is 38.0 Å². The summed E-state index contributed by atoms with van der Waals surface area (Å²) < 4.78 is 30.4. The van der Waals surface area contributed by atoms with E-state index < -0.39 is 23.5 Å². The van der Waals surface area contributed by atoms with E-state index in [2.05, 4.69) is 4.90 Å². The number of likely N-dealkylation sites (tertiary alicyclic amines) is 1. The van der Waals surface area contributed by atoms with E-state index in [0.717, 1.165) is 19.6 Å². The minimum absolute atomic E-state index is 0.0328. The average molecular weight is 513 g/mol. The minimum atomic E-state index is -0.829. The summed E-state index contributed by atoms with van der Waals surface area (Å²) >= 11 is 0. The molecule has 2 aromatic carbocycles. The largest absolute Gasteiger partial charge is 0.507 e. The van der Waals surface area contributed by atoms with E-state index in [1.807, 2.05) is 13.8 Å². The number of ether oxygens (including phenoxy) is 3. The number of hydrogen-bond acceptors (Lipinski definition) is 7. The highest BCUT2D eigenvalue weighted by Gasteiger charge is 2.46. The number of ketones is 1. The van der Waals surface area contributed by atoms with Crippen molar-refractivity contribution in [2.75, 3.05) is 52.6 Å². The number of hydrogen-bond donors (Lipinski definition) is 1. The van der Waals surface area contributed by atoms with Gasteiger partial charge in [-0.1, -0.05) is 6.07 Å². The lowest BCUT2D eigenvalue weighted by atomic mass is 9.95. The fourth-order valence-electron chi connectivity index (χ4n) is 4.75. The summed E-state index contributed by atoms with van der Waals surface area (Å²) in [6.45, 7) is 8.65. The lowest BCUT2D eigenvalue weighted by Gasteiger charge is -2.29. The van der Waals surface area contributed by atoms with Crippen LogP contribution in [0.3, 0.4) is 0 Å². The first-order chi connectivity index (χ1) is 17.9. The maximum Gasteiger partial charge on any atom is 0.295 e. The van der Waals surface area contributed by atoms with Crippen molar-refractivity contribution in [3.05, 3.63) is 65.0 Å². The number of rotatable bonds is 10. The zero-order chi connectivity index (χ0) is 26.4. The molecule has 2 aliphatic rings. The van der Waals surface area contributed by atoms with Gasteiger partial charge in [0.2, 0.25) is 0 Å². The predicted octanol–water partition coefficient (Wildman–Crippen LogP) is 3.77. The molecule has 9 heteroatoms. The van der Waals surface area contributed by atoms with Gasteiger partial charge in [-0.25, -0.2) is 4.39 Å². The number of amides is 1. The molecule has 2 heterocycles. The third-order valence-electron chi connectivity index (χ3n) is 6.52. The van der Waals surface area contributed by atoms with Crippen molar-refractivity contribution in [3.63, 3.8) is 0 Å². The molecule has 8 nitrogen and oxygen atoms in total. The molecule has 2 aromatic rings. The zero-order valence-electron chi connectivity index (χ0n) is 21.2. The Hall–Kier alpha value is -3.43. The number of benzene rings is 2. The smallest absolute Gasteiger partial charge is 0.295 e. The molecule has 1 atom stereocenters. The fourth-order valence-corrected chi connectivity index (χ4v) is 4.75. The van der Waals surface area contributed by atoms with Crippen molar-refractivity contribution < 1.29 is 33.3 Å². The number of aliphatic hydroxyl groups is 1. The fraction of sp³-hybridized carbons (Fsp3) is 0.429. The van der Waals surface area contributed by atoms with Gasteiger partial charge in [0.1, 0.15) is 11.6 Å². The Bertz CT molecular complexity index is 1140. The van der Waals surface area contributed by atoms with Gasteiger partial charge in [-0.3, -0.25) is 14.5 Å². The van der Waals surface area contributed by atoms with Crippen molar-refractivity contribution in [2.45, 2.75) is 26.3 Å². The number of morpholine rings is 1. The van der Waals surface area contributed by atoms with E-state index in [1.165, 1.54) is 29.2 Å². The molecule has 1 unspecified atom stereocenters. The summed E-state index contributed by atoms with van der Waals surface area (Å²) in [4.78, 5) is 30.3. The number of halogens is 1. The third kappa shape index (κ3) is 5.94. The summed E-state index contributed by atoms with van der Waals surface area (Å²) in [6.07, 6.45) is 0.648. The second-order valence-corrected chi connectivity index (χ2v) is 8.88. The van der Waals surface area contributed by atoms with Crippen molar-refractivity contribution in [1.82, 2.24) is 9.80 Å². The van der Waals surface area contributed by atoms with E-state index in [4.69, 9.17) is 14.2 Å². The Morgan fingerprint density at radius 1 is 1.00 bits per heavy atom. The van der Waals surface area contributed by atoms with Crippen LogP contribution >= 0.6 is 0 Å². The van der Waals surface area contributed by atoms with Gasteiger partial charge in [0, 0.05) is 31.7 Å². The van der Waals surface area contributed by atoms with E-state index in [1.54, 1.807) is 18.2 Å². The normalized spacial score (nSPS) is 19.9. The van der Waals surface area contributed by atoms with Gasteiger partial charge in [0.15, 0.2) is 11.5 Å². The average Bonchev–Trinajstić information content (AvgIpc) is 3.16. The number of Topliss-reactive ketones (excluding diaryl/α,β-unsaturated/α-hetero) is 1. The van der Waals surface area contributed by atoms with E-state index in [0.29, 0.717) is 56.5 Å². The van der Waals surface area contributed by atoms with Gasteiger partial charge in [-0.15, -0.1) is 0 Å². The Labute approximate surface area is 216 Å². The monoisotopic (exact) mass is 512 g/mol. The quantitative estimate of drug-likeness (QED) is 0.295. The first-order valence-electron chi connectivity index (χ1n) is 12.7. The van der Waals surface area contributed by atoms with Gasteiger partial charge >= 0.3 is 0 Å². The van der Waals surface area contributed by atoms with Gasteiger partial charge in [0.25, 0.3) is 11.7 Å². The van der Waals surface area contributed by atoms with Crippen molar-refractivity contribution >= 4 is 17.4 Å². The van der Waals surface area contributed by atoms with Crippen LogP contribution in [0.4, 0.5) is 4.39 Å². The number of nitrogens with zero attached hydrogens (tertiary/aromatic N) is 2. The van der Waals surface area contributed by atoms with Crippen molar-refractivity contribution in [1.29, 1.82) is 0 Å². The zero-order valence-corrected chi connectivity index (χ0v) is 21.2. The lowest BCUT2D eigenvalue weighted by molar-refractivity contribution is -0.140. The maximum atomic E-state index is 13.5. The number of carbonyl (C=O) groups excluding carboxylic acids is 2. The third-order valence-corrected chi connectivity index (χ3v) is 6.52. The SMILES string of the molecule is CCOc1ccc(C2/C(=C(\O)c3ccc(F)cc3)C(=O)C(=O)N2CCCN2CCOCC2)cc1OCC. The molecule has 0 aliphatic carbocycles. The molecule has 37 heavy (non-hydrogen) atoms. The van der Waals surface area contributed by atoms with Crippen LogP contribution in [0.5, 0.6) is 11.5 Å². The highest BCUT2D eigenvalue weighted by Crippen LogP contribution is 2.42. The molecule has 0 bridgehead atoms. The molecule has 1 N–H and O–H groups in total. The van der Waals surface area contributed by atoms with Crippen LogP contribution in [-0.4, -0.2) is 79.2 Å². The molecule has 2 saturated heterocycles. The molecule has 2 aliphatic heterocycles. The van der Waals surface area contributed by atoms with E-state index >= 15 is 0 Å². The molecule has 1 amide bonds. The van der Waals surface area contributed by atoms with Crippen LogP contribution in [-0.2, 0) is 14.3 Å². The standard InChI is InChI=1S/C28H33FN2O6/c1-3-36-22-11-8-20(18-23(22)37-4-2)25-24(26(32)19-6-9-21(29)10-7-19)27(33)28(34)31(25)13-5-12-30-14-16-35-17-15-30/h6-11,18,25,32H,3-5,12-17H2,1-2H3/b26-24+. The summed E-state index contributed by atoms with van der Waals surface area (Å²) in [5.41, 5.74) is 0.837. The molecular weight excluding hydrogens is 479 g/mol. The summed E-state index contributed by atoms with van der Waals surface area (Å²) in [5.74, 6) is -1.22. The van der Waals surface area contributed by atoms with E-state index in [-0.39, 0.29) is 16.9 Å². The molecule has 2 fully saturated rings. The molecule has 4 rings (SSSR count). The second-order valence-electron chi connectivity index (χ2n) is 8.88. The van der Waals surface area contributed by atoms with Crippen LogP contribution in [0.15, 0.2) is 48.0 Å². The molecule has 0 spiro atoms. The summed E-state index contributed by atoms with van der Waals surface area (Å²) in [7, 11) is 0. The Balaban J connectivity index is 1.72. The Morgan fingerprint density at radius 2 is 1.68 bits per heavy atom. The van der Waals surface area contributed by atoms with Crippen LogP contribution < -0.4 is 9.47 Å². The first-order valence-corrected chi connectivity index (χ1v) is 12.7. The second kappa shape index (κ2) is 12.2. The molecule has 0 aromatic heterocycles. The molecular formula is C28H33FN2O6. The Kier molecular flexibility index (Phi) is 8.78.